The smallest absolute Gasteiger partial charge is 0.175 e. The molecule has 0 atom stereocenters. The SMILES string of the molecule is CCCN1C2=C(C(=O)CCC2)C(c2cc(Br)c(OCc3ccc(Cl)cc3)c(OCC)c2)C2=C1CCCC2=O. The zero-order chi connectivity index (χ0) is 26.8. The second-order valence-corrected chi connectivity index (χ2v) is 11.3. The first-order valence-electron chi connectivity index (χ1n) is 13.6. The van der Waals surface area contributed by atoms with Crippen molar-refractivity contribution in [3.05, 3.63) is 79.6 Å². The molecule has 0 radical (unpaired) electrons. The molecule has 0 aromatic heterocycles. The fourth-order valence-electron chi connectivity index (χ4n) is 5.94. The quantitative estimate of drug-likeness (QED) is 0.309. The Morgan fingerprint density at radius 3 is 2.13 bits per heavy atom. The van der Waals surface area contributed by atoms with Crippen molar-refractivity contribution in [1.82, 2.24) is 4.90 Å². The van der Waals surface area contributed by atoms with Crippen molar-refractivity contribution in [1.29, 1.82) is 0 Å². The molecule has 3 aliphatic rings. The number of Topliss-reactive ketones (excluding diaryl/α,β-unsaturated/α-hetero) is 2. The van der Waals surface area contributed by atoms with Gasteiger partial charge in [-0.15, -0.1) is 0 Å². The van der Waals surface area contributed by atoms with Gasteiger partial charge >= 0.3 is 0 Å². The van der Waals surface area contributed by atoms with Gasteiger partial charge in [0.1, 0.15) is 6.61 Å². The Morgan fingerprint density at radius 2 is 1.55 bits per heavy atom. The third kappa shape index (κ3) is 5.17. The van der Waals surface area contributed by atoms with Gasteiger partial charge < -0.3 is 14.4 Å². The van der Waals surface area contributed by atoms with Crippen LogP contribution in [0.4, 0.5) is 0 Å². The van der Waals surface area contributed by atoms with E-state index in [1.165, 1.54) is 0 Å². The summed E-state index contributed by atoms with van der Waals surface area (Å²) in [6.07, 6.45) is 5.44. The van der Waals surface area contributed by atoms with Crippen molar-refractivity contribution in [3.8, 4) is 11.5 Å². The number of hydrogen-bond donors (Lipinski definition) is 0. The van der Waals surface area contributed by atoms with Crippen molar-refractivity contribution in [3.63, 3.8) is 0 Å². The average molecular weight is 599 g/mol. The van der Waals surface area contributed by atoms with Crippen LogP contribution in [0.3, 0.4) is 0 Å². The maximum absolute atomic E-state index is 13.5. The Balaban J connectivity index is 1.60. The fourth-order valence-corrected chi connectivity index (χ4v) is 6.64. The van der Waals surface area contributed by atoms with Crippen LogP contribution in [-0.4, -0.2) is 29.6 Å². The van der Waals surface area contributed by atoms with Crippen LogP contribution < -0.4 is 9.47 Å². The van der Waals surface area contributed by atoms with E-state index >= 15 is 0 Å². The van der Waals surface area contributed by atoms with Crippen LogP contribution in [-0.2, 0) is 16.2 Å². The number of carbonyl (C=O) groups excluding carboxylic acids is 2. The highest BCUT2D eigenvalue weighted by molar-refractivity contribution is 9.10. The second kappa shape index (κ2) is 11.7. The Labute approximate surface area is 238 Å². The molecule has 1 aliphatic heterocycles. The van der Waals surface area contributed by atoms with E-state index in [0.717, 1.165) is 76.8 Å². The van der Waals surface area contributed by atoms with Crippen molar-refractivity contribution in [2.24, 2.45) is 0 Å². The van der Waals surface area contributed by atoms with Gasteiger partial charge in [0, 0.05) is 52.9 Å². The first kappa shape index (κ1) is 27.0. The number of ketones is 2. The van der Waals surface area contributed by atoms with Gasteiger partial charge in [-0.25, -0.2) is 0 Å². The number of ether oxygens (including phenoxy) is 2. The molecule has 5 nitrogen and oxygen atoms in total. The molecule has 0 unspecified atom stereocenters. The van der Waals surface area contributed by atoms with Crippen molar-refractivity contribution in [2.45, 2.75) is 71.3 Å². The maximum atomic E-state index is 13.5. The molecule has 7 heteroatoms. The molecule has 38 heavy (non-hydrogen) atoms. The fraction of sp³-hybridized carbons (Fsp3) is 0.419. The highest BCUT2D eigenvalue weighted by Gasteiger charge is 2.43. The first-order chi connectivity index (χ1) is 18.4. The molecular formula is C31H33BrClNO4. The predicted molar refractivity (Wildman–Crippen MR) is 153 cm³/mol. The van der Waals surface area contributed by atoms with E-state index in [9.17, 15) is 9.59 Å². The van der Waals surface area contributed by atoms with Crippen LogP contribution in [0.25, 0.3) is 0 Å². The lowest BCUT2D eigenvalue weighted by Gasteiger charge is -2.44. The number of benzene rings is 2. The summed E-state index contributed by atoms with van der Waals surface area (Å²) >= 11 is 9.75. The van der Waals surface area contributed by atoms with Gasteiger partial charge in [0.2, 0.25) is 0 Å². The number of hydrogen-bond acceptors (Lipinski definition) is 5. The molecule has 0 bridgehead atoms. The number of carbonyl (C=O) groups is 2. The van der Waals surface area contributed by atoms with Gasteiger partial charge in [0.05, 0.1) is 11.1 Å². The minimum absolute atomic E-state index is 0.152. The lowest BCUT2D eigenvalue weighted by Crippen LogP contribution is -2.39. The molecule has 200 valence electrons. The van der Waals surface area contributed by atoms with Crippen molar-refractivity contribution in [2.75, 3.05) is 13.2 Å². The van der Waals surface area contributed by atoms with Crippen LogP contribution in [0.5, 0.6) is 11.5 Å². The second-order valence-electron chi connectivity index (χ2n) is 10.0. The monoisotopic (exact) mass is 597 g/mol. The minimum Gasteiger partial charge on any atom is -0.490 e. The van der Waals surface area contributed by atoms with E-state index in [2.05, 4.69) is 27.8 Å². The number of nitrogens with zero attached hydrogens (tertiary/aromatic N) is 1. The number of rotatable bonds is 8. The molecule has 2 aromatic carbocycles. The highest BCUT2D eigenvalue weighted by Crippen LogP contribution is 2.51. The number of allylic oxidation sites excluding steroid dienone is 4. The van der Waals surface area contributed by atoms with Gasteiger partial charge in [0.25, 0.3) is 0 Å². The average Bonchev–Trinajstić information content (AvgIpc) is 2.90. The summed E-state index contributed by atoms with van der Waals surface area (Å²) < 4.78 is 13.0. The lowest BCUT2D eigenvalue weighted by atomic mass is 9.71. The zero-order valence-electron chi connectivity index (χ0n) is 21.9. The van der Waals surface area contributed by atoms with Crippen LogP contribution in [0, 0.1) is 0 Å². The van der Waals surface area contributed by atoms with Gasteiger partial charge in [-0.2, -0.15) is 0 Å². The molecular weight excluding hydrogens is 566 g/mol. The summed E-state index contributed by atoms with van der Waals surface area (Å²) in [4.78, 5) is 29.3. The molecule has 1 heterocycles. The molecule has 0 spiro atoms. The first-order valence-corrected chi connectivity index (χ1v) is 14.7. The number of halogens is 2. The minimum atomic E-state index is -0.380. The van der Waals surface area contributed by atoms with E-state index in [0.29, 0.717) is 42.6 Å². The van der Waals surface area contributed by atoms with E-state index < -0.39 is 0 Å². The molecule has 0 N–H and O–H groups in total. The van der Waals surface area contributed by atoms with E-state index in [-0.39, 0.29) is 17.5 Å². The Bertz CT molecular complexity index is 1270. The third-order valence-corrected chi connectivity index (χ3v) is 8.34. The lowest BCUT2D eigenvalue weighted by molar-refractivity contribution is -0.117. The summed E-state index contributed by atoms with van der Waals surface area (Å²) in [6.45, 7) is 5.73. The van der Waals surface area contributed by atoms with Gasteiger partial charge in [-0.05, 0) is 90.4 Å². The van der Waals surface area contributed by atoms with Crippen molar-refractivity contribution < 1.29 is 19.1 Å². The van der Waals surface area contributed by atoms with Crippen LogP contribution >= 0.6 is 27.5 Å². The van der Waals surface area contributed by atoms with Gasteiger partial charge in [-0.1, -0.05) is 30.7 Å². The van der Waals surface area contributed by atoms with Crippen LogP contribution in [0.2, 0.25) is 5.02 Å². The summed E-state index contributed by atoms with van der Waals surface area (Å²) in [5, 5.41) is 0.677. The zero-order valence-corrected chi connectivity index (χ0v) is 24.3. The Morgan fingerprint density at radius 1 is 0.921 bits per heavy atom. The summed E-state index contributed by atoms with van der Waals surface area (Å²) in [6, 6.07) is 11.5. The molecule has 0 amide bonds. The molecule has 2 aromatic rings. The van der Waals surface area contributed by atoms with Gasteiger partial charge in [-0.3, -0.25) is 9.59 Å². The van der Waals surface area contributed by atoms with Crippen LogP contribution in [0.1, 0.15) is 75.8 Å². The topological polar surface area (TPSA) is 55.8 Å². The van der Waals surface area contributed by atoms with Gasteiger partial charge in [0.15, 0.2) is 23.1 Å². The molecule has 5 rings (SSSR count). The molecule has 2 aliphatic carbocycles. The largest absolute Gasteiger partial charge is 0.490 e. The standard InChI is InChI=1S/C31H33BrClNO4/c1-3-15-34-23-7-5-9-25(35)29(23)28(30-24(34)8-6-10-26(30)36)20-16-22(32)31(27(17-20)37-4-2)38-18-19-11-13-21(33)14-12-19/h11-14,16-17,28H,3-10,15,18H2,1-2H3. The maximum Gasteiger partial charge on any atom is 0.175 e. The molecule has 0 fully saturated rings. The Kier molecular flexibility index (Phi) is 8.29. The predicted octanol–water partition coefficient (Wildman–Crippen LogP) is 7.90. The molecule has 0 saturated carbocycles. The highest BCUT2D eigenvalue weighted by atomic mass is 79.9. The Hall–Kier alpha value is -2.57. The summed E-state index contributed by atoms with van der Waals surface area (Å²) in [7, 11) is 0. The van der Waals surface area contributed by atoms with E-state index in [1.54, 1.807) is 0 Å². The normalized spacial score (nSPS) is 18.1. The van der Waals surface area contributed by atoms with Crippen molar-refractivity contribution >= 4 is 39.1 Å². The summed E-state index contributed by atoms with van der Waals surface area (Å²) in [5.41, 5.74) is 5.69. The third-order valence-electron chi connectivity index (χ3n) is 7.50. The van der Waals surface area contributed by atoms with E-state index in [1.807, 2.05) is 43.3 Å². The molecule has 0 saturated heterocycles. The van der Waals surface area contributed by atoms with Crippen LogP contribution in [0.15, 0.2) is 63.4 Å². The van der Waals surface area contributed by atoms with E-state index in [4.69, 9.17) is 21.1 Å². The summed E-state index contributed by atoms with van der Waals surface area (Å²) in [5.74, 6) is 1.12.